The maximum atomic E-state index is 12.6. The minimum atomic E-state index is -3.58. The number of hydrogen-bond acceptors (Lipinski definition) is 6. The Bertz CT molecular complexity index is 1130. The van der Waals surface area contributed by atoms with Crippen molar-refractivity contribution in [1.82, 2.24) is 10.0 Å². The van der Waals surface area contributed by atoms with Crippen LogP contribution in [-0.2, 0) is 14.8 Å². The van der Waals surface area contributed by atoms with E-state index < -0.39 is 10.0 Å². The maximum absolute atomic E-state index is 12.6. The third-order valence-electron chi connectivity index (χ3n) is 5.18. The number of nitrogens with one attached hydrogen (secondary N) is 2. The Labute approximate surface area is 181 Å². The van der Waals surface area contributed by atoms with E-state index in [-0.39, 0.29) is 41.6 Å². The summed E-state index contributed by atoms with van der Waals surface area (Å²) >= 11 is 0. The normalized spacial score (nSPS) is 18.4. The first-order valence-corrected chi connectivity index (χ1v) is 11.7. The van der Waals surface area contributed by atoms with Crippen LogP contribution in [0.25, 0.3) is 0 Å². The van der Waals surface area contributed by atoms with Crippen molar-refractivity contribution in [1.29, 1.82) is 0 Å². The quantitative estimate of drug-likeness (QED) is 0.713. The molecule has 2 aromatic rings. The summed E-state index contributed by atoms with van der Waals surface area (Å²) in [5.74, 6) is 1.66. The van der Waals surface area contributed by atoms with Gasteiger partial charge in [0.25, 0.3) is 10.0 Å². The molecule has 0 aromatic heterocycles. The summed E-state index contributed by atoms with van der Waals surface area (Å²) in [6.07, 6.45) is 0.140. The number of carbonyl (C=O) groups is 1. The van der Waals surface area contributed by atoms with Gasteiger partial charge in [-0.05, 0) is 35.7 Å². The van der Waals surface area contributed by atoms with Crippen LogP contribution < -0.4 is 19.5 Å². The van der Waals surface area contributed by atoms with Crippen LogP contribution in [0.1, 0.15) is 37.4 Å². The van der Waals surface area contributed by atoms with Crippen molar-refractivity contribution in [3.8, 4) is 11.5 Å². The van der Waals surface area contributed by atoms with Gasteiger partial charge in [-0.15, -0.1) is 0 Å². The van der Waals surface area contributed by atoms with E-state index in [0.29, 0.717) is 30.3 Å². The van der Waals surface area contributed by atoms with Crippen LogP contribution in [-0.4, -0.2) is 39.9 Å². The predicted molar refractivity (Wildman–Crippen MR) is 116 cm³/mol. The highest BCUT2D eigenvalue weighted by Gasteiger charge is 2.30. The number of sulfonamides is 1. The number of ether oxygens (including phenoxy) is 2. The Balaban J connectivity index is 1.41. The largest absolute Gasteiger partial charge is 0.486 e. The molecular weight excluding hydrogens is 418 g/mol. The van der Waals surface area contributed by atoms with Crippen LogP contribution in [0.5, 0.6) is 11.5 Å². The van der Waals surface area contributed by atoms with Gasteiger partial charge in [0.15, 0.2) is 11.5 Å². The van der Waals surface area contributed by atoms with Crippen LogP contribution in [0.2, 0.25) is 0 Å². The Hall–Kier alpha value is -3.07. The first-order chi connectivity index (χ1) is 14.8. The molecule has 0 saturated heterocycles. The summed E-state index contributed by atoms with van der Waals surface area (Å²) < 4.78 is 38.0. The number of nitrogens with zero attached hydrogens (tertiary/aromatic N) is 1. The molecule has 8 nitrogen and oxygen atoms in total. The number of amidine groups is 1. The van der Waals surface area contributed by atoms with Gasteiger partial charge in [0.1, 0.15) is 19.0 Å². The Kier molecular flexibility index (Phi) is 5.86. The second kappa shape index (κ2) is 8.58. The van der Waals surface area contributed by atoms with E-state index in [1.807, 2.05) is 32.0 Å². The van der Waals surface area contributed by atoms with Gasteiger partial charge >= 0.3 is 0 Å². The minimum Gasteiger partial charge on any atom is -0.486 e. The zero-order chi connectivity index (χ0) is 22.0. The molecule has 1 unspecified atom stereocenters. The lowest BCUT2D eigenvalue weighted by Crippen LogP contribution is -2.32. The summed E-state index contributed by atoms with van der Waals surface area (Å²) in [5.41, 5.74) is 1.47. The molecule has 2 aliphatic heterocycles. The highest BCUT2D eigenvalue weighted by molar-refractivity contribution is 7.90. The molecule has 0 aliphatic carbocycles. The Morgan fingerprint density at radius 1 is 1.13 bits per heavy atom. The summed E-state index contributed by atoms with van der Waals surface area (Å²) in [6, 6.07) is 12.2. The standard InChI is InChI=1S/C22H25N3O5S/c1-14(2)21(15-7-8-17-18(13-15)30-12-11-29-17)24-20(26)9-10-23-22-16-5-3-4-6-19(16)31(27,28)25-22/h3-8,13-14,21H,9-12H2,1-2H3,(H,23,25)(H,24,26). The summed E-state index contributed by atoms with van der Waals surface area (Å²) in [6.45, 7) is 5.27. The van der Waals surface area contributed by atoms with Crippen LogP contribution in [0.4, 0.5) is 0 Å². The lowest BCUT2D eigenvalue weighted by atomic mass is 9.95. The summed E-state index contributed by atoms with van der Waals surface area (Å²) in [4.78, 5) is 17.1. The van der Waals surface area contributed by atoms with E-state index in [1.165, 1.54) is 6.07 Å². The van der Waals surface area contributed by atoms with Gasteiger partial charge in [-0.1, -0.05) is 32.0 Å². The molecule has 1 amide bonds. The number of rotatable bonds is 6. The van der Waals surface area contributed by atoms with Gasteiger partial charge in [0.05, 0.1) is 17.5 Å². The molecule has 9 heteroatoms. The fraction of sp³-hybridized carbons (Fsp3) is 0.364. The highest BCUT2D eigenvalue weighted by atomic mass is 32.2. The average molecular weight is 444 g/mol. The first-order valence-electron chi connectivity index (χ1n) is 10.2. The van der Waals surface area contributed by atoms with Gasteiger partial charge in [-0.2, -0.15) is 0 Å². The zero-order valence-electron chi connectivity index (χ0n) is 17.4. The molecule has 2 N–H and O–H groups in total. The second-order valence-electron chi connectivity index (χ2n) is 7.77. The van der Waals surface area contributed by atoms with E-state index in [1.54, 1.807) is 18.2 Å². The molecule has 0 spiro atoms. The first kappa shape index (κ1) is 21.2. The number of fused-ring (bicyclic) bond motifs is 2. The van der Waals surface area contributed by atoms with Crippen molar-refractivity contribution in [3.05, 3.63) is 53.6 Å². The van der Waals surface area contributed by atoms with Crippen molar-refractivity contribution < 1.29 is 22.7 Å². The highest BCUT2D eigenvalue weighted by Crippen LogP contribution is 2.34. The van der Waals surface area contributed by atoms with Crippen molar-refractivity contribution in [3.63, 3.8) is 0 Å². The molecule has 4 rings (SSSR count). The minimum absolute atomic E-state index is 0.140. The number of aliphatic imine (C=N–C) groups is 1. The van der Waals surface area contributed by atoms with Gasteiger partial charge < -0.3 is 14.8 Å². The molecule has 31 heavy (non-hydrogen) atoms. The zero-order valence-corrected chi connectivity index (χ0v) is 18.2. The number of amides is 1. The van der Waals surface area contributed by atoms with Gasteiger partial charge in [-0.3, -0.25) is 14.5 Å². The second-order valence-corrected chi connectivity index (χ2v) is 9.43. The molecule has 1 atom stereocenters. The van der Waals surface area contributed by atoms with Crippen LogP contribution in [0.15, 0.2) is 52.4 Å². The van der Waals surface area contributed by atoms with E-state index in [9.17, 15) is 13.2 Å². The molecular formula is C22H25N3O5S. The third-order valence-corrected chi connectivity index (χ3v) is 6.58. The van der Waals surface area contributed by atoms with Crippen molar-refractivity contribution in [2.75, 3.05) is 19.8 Å². The van der Waals surface area contributed by atoms with E-state index >= 15 is 0 Å². The Morgan fingerprint density at radius 3 is 2.65 bits per heavy atom. The fourth-order valence-electron chi connectivity index (χ4n) is 3.65. The molecule has 0 radical (unpaired) electrons. The molecule has 2 heterocycles. The molecule has 164 valence electrons. The number of hydrogen-bond donors (Lipinski definition) is 2. The predicted octanol–water partition coefficient (Wildman–Crippen LogP) is 2.40. The van der Waals surface area contributed by atoms with E-state index in [2.05, 4.69) is 15.0 Å². The SMILES string of the molecule is CC(C)C(NC(=O)CCN=C1NS(=O)(=O)c2ccccc21)c1ccc2c(c1)OCCO2. The van der Waals surface area contributed by atoms with E-state index in [0.717, 1.165) is 5.56 Å². The van der Waals surface area contributed by atoms with Gasteiger partial charge in [0.2, 0.25) is 5.91 Å². The molecule has 0 saturated carbocycles. The van der Waals surface area contributed by atoms with Crippen LogP contribution in [0.3, 0.4) is 0 Å². The summed E-state index contributed by atoms with van der Waals surface area (Å²) in [7, 11) is -3.58. The molecule has 0 fully saturated rings. The van der Waals surface area contributed by atoms with Crippen LogP contribution >= 0.6 is 0 Å². The monoisotopic (exact) mass is 443 g/mol. The molecule has 0 bridgehead atoms. The molecule has 2 aromatic carbocycles. The van der Waals surface area contributed by atoms with Gasteiger partial charge in [0, 0.05) is 12.0 Å². The van der Waals surface area contributed by atoms with Crippen molar-refractivity contribution in [2.45, 2.75) is 31.2 Å². The van der Waals surface area contributed by atoms with Crippen LogP contribution in [0, 0.1) is 5.92 Å². The smallest absolute Gasteiger partial charge is 0.263 e. The topological polar surface area (TPSA) is 106 Å². The van der Waals surface area contributed by atoms with Crippen molar-refractivity contribution >= 4 is 21.8 Å². The molecule has 2 aliphatic rings. The lowest BCUT2D eigenvalue weighted by molar-refractivity contribution is -0.122. The van der Waals surface area contributed by atoms with E-state index in [4.69, 9.17) is 9.47 Å². The van der Waals surface area contributed by atoms with Gasteiger partial charge in [-0.25, -0.2) is 8.42 Å². The average Bonchev–Trinajstić information content (AvgIpc) is 3.02. The Morgan fingerprint density at radius 2 is 1.87 bits per heavy atom. The summed E-state index contributed by atoms with van der Waals surface area (Å²) in [5, 5.41) is 3.06. The number of carbonyl (C=O) groups excluding carboxylic acids is 1. The lowest BCUT2D eigenvalue weighted by Gasteiger charge is -2.25. The number of benzene rings is 2. The van der Waals surface area contributed by atoms with Crippen molar-refractivity contribution in [2.24, 2.45) is 10.9 Å². The third kappa shape index (κ3) is 4.51. The fourth-order valence-corrected chi connectivity index (χ4v) is 4.91. The maximum Gasteiger partial charge on any atom is 0.263 e.